The third-order valence-corrected chi connectivity index (χ3v) is 1.39. The van der Waals surface area contributed by atoms with Crippen LogP contribution < -0.4 is 0 Å². The third-order valence-electron chi connectivity index (χ3n) is 1.39. The zero-order chi connectivity index (χ0) is 9.14. The monoisotopic (exact) mass is 214 g/mol. The zero-order valence-corrected chi connectivity index (χ0v) is 6.02. The predicted molar refractivity (Wildman–Crippen MR) is 54.7 cm³/mol. The maximum absolute atomic E-state index is 10.5. The molecule has 1 aromatic carbocycles. The molecule has 0 heterocycles. The molecule has 0 aliphatic rings. The van der Waals surface area contributed by atoms with Gasteiger partial charge in [0.25, 0.3) is 0 Å². The van der Waals surface area contributed by atoms with Crippen molar-refractivity contribution < 1.29 is 19.8 Å². The van der Waals surface area contributed by atoms with Gasteiger partial charge in [0, 0.05) is 0 Å². The van der Waals surface area contributed by atoms with Crippen molar-refractivity contribution in [2.75, 3.05) is 0 Å². The molecule has 0 aromatic heterocycles. The van der Waals surface area contributed by atoms with Gasteiger partial charge in [0.15, 0.2) is 0 Å². The first-order valence-electron chi connectivity index (χ1n) is 3.18. The Labute approximate surface area is 125 Å². The number of hydrogen-bond acceptors (Lipinski definition) is 2. The van der Waals surface area contributed by atoms with Gasteiger partial charge in [-0.2, -0.15) is 0 Å². The van der Waals surface area contributed by atoms with E-state index in [4.69, 9.17) is 10.2 Å². The molecule has 2 N–H and O–H groups in total. The number of carbonyl (C=O) groups is 2. The van der Waals surface area contributed by atoms with Gasteiger partial charge in [-0.05, 0) is 12.1 Å². The molecule has 0 radical (unpaired) electrons. The van der Waals surface area contributed by atoms with E-state index in [1.165, 1.54) is 24.3 Å². The van der Waals surface area contributed by atoms with Gasteiger partial charge >= 0.3 is 71.1 Å². The van der Waals surface area contributed by atoms with E-state index in [1.54, 1.807) is 0 Å². The molecule has 0 atom stereocenters. The standard InChI is InChI=1S/C8H6O4.2Na.2H/c9-7(10)5-3-1-2-4-6(5)8(11)12;;;;/h1-4H,(H,9,10)(H,11,12);;;;. The summed E-state index contributed by atoms with van der Waals surface area (Å²) >= 11 is 0. The Morgan fingerprint density at radius 2 is 1.14 bits per heavy atom. The molecule has 0 saturated heterocycles. The predicted octanol–water partition coefficient (Wildman–Crippen LogP) is -0.214. The van der Waals surface area contributed by atoms with Crippen molar-refractivity contribution in [3.63, 3.8) is 0 Å². The molecule has 0 fully saturated rings. The topological polar surface area (TPSA) is 74.6 Å². The quantitative estimate of drug-likeness (QED) is 0.668. The average molecular weight is 214 g/mol. The van der Waals surface area contributed by atoms with E-state index in [0.29, 0.717) is 0 Å². The van der Waals surface area contributed by atoms with Crippen LogP contribution in [0.4, 0.5) is 0 Å². The van der Waals surface area contributed by atoms with Gasteiger partial charge < -0.3 is 10.2 Å². The molecular weight excluding hydrogens is 206 g/mol. The summed E-state index contributed by atoms with van der Waals surface area (Å²) in [5.74, 6) is -2.46. The minimum absolute atomic E-state index is 0. The summed E-state index contributed by atoms with van der Waals surface area (Å²) in [6.07, 6.45) is 0. The maximum atomic E-state index is 10.5. The fourth-order valence-electron chi connectivity index (χ4n) is 0.856. The summed E-state index contributed by atoms with van der Waals surface area (Å²) in [5.41, 5.74) is -0.380. The van der Waals surface area contributed by atoms with E-state index >= 15 is 0 Å². The van der Waals surface area contributed by atoms with Crippen LogP contribution in [0.5, 0.6) is 0 Å². The van der Waals surface area contributed by atoms with E-state index in [1.807, 2.05) is 0 Å². The van der Waals surface area contributed by atoms with Crippen molar-refractivity contribution in [1.29, 1.82) is 0 Å². The number of carboxylic acid groups (broad SMARTS) is 2. The van der Waals surface area contributed by atoms with Gasteiger partial charge in [-0.15, -0.1) is 0 Å². The number of benzene rings is 1. The second kappa shape index (κ2) is 7.45. The second-order valence-electron chi connectivity index (χ2n) is 2.16. The van der Waals surface area contributed by atoms with Crippen molar-refractivity contribution >= 4 is 71.1 Å². The van der Waals surface area contributed by atoms with Crippen LogP contribution in [-0.4, -0.2) is 81.3 Å². The van der Waals surface area contributed by atoms with Crippen LogP contribution in [0.1, 0.15) is 20.7 Å². The fraction of sp³-hybridized carbons (Fsp3) is 0. The van der Waals surface area contributed by atoms with Crippen LogP contribution in [0.25, 0.3) is 0 Å². The van der Waals surface area contributed by atoms with Crippen molar-refractivity contribution in [2.24, 2.45) is 0 Å². The average Bonchev–Trinajstić information content (AvgIpc) is 2.04. The molecule has 14 heavy (non-hydrogen) atoms. The van der Waals surface area contributed by atoms with E-state index < -0.39 is 11.9 Å². The van der Waals surface area contributed by atoms with Crippen molar-refractivity contribution in [3.05, 3.63) is 35.4 Å². The second-order valence-corrected chi connectivity index (χ2v) is 2.16. The summed E-state index contributed by atoms with van der Waals surface area (Å²) in [7, 11) is 0. The molecule has 0 aliphatic carbocycles. The summed E-state index contributed by atoms with van der Waals surface area (Å²) in [4.78, 5) is 20.9. The first kappa shape index (κ1) is 16.6. The van der Waals surface area contributed by atoms with Crippen molar-refractivity contribution in [3.8, 4) is 0 Å². The Morgan fingerprint density at radius 3 is 1.36 bits per heavy atom. The Hall–Kier alpha value is 0.160. The summed E-state index contributed by atoms with van der Waals surface area (Å²) in [6.45, 7) is 0. The molecule has 0 amide bonds. The normalized spacial score (nSPS) is 8.00. The van der Waals surface area contributed by atoms with E-state index in [2.05, 4.69) is 0 Å². The van der Waals surface area contributed by atoms with Crippen molar-refractivity contribution in [1.82, 2.24) is 0 Å². The van der Waals surface area contributed by atoms with Gasteiger partial charge in [0.2, 0.25) is 0 Å². The number of aromatic carboxylic acids is 2. The molecule has 66 valence electrons. The van der Waals surface area contributed by atoms with Crippen LogP contribution in [0.2, 0.25) is 0 Å². The van der Waals surface area contributed by atoms with Crippen LogP contribution in [0.3, 0.4) is 0 Å². The number of rotatable bonds is 2. The minimum atomic E-state index is -1.23. The summed E-state index contributed by atoms with van der Waals surface area (Å²) < 4.78 is 0. The summed E-state index contributed by atoms with van der Waals surface area (Å²) in [6, 6.07) is 5.48. The Bertz CT molecular complexity index is 305. The first-order valence-corrected chi connectivity index (χ1v) is 3.18. The van der Waals surface area contributed by atoms with Gasteiger partial charge in [-0.25, -0.2) is 9.59 Å². The molecule has 1 rings (SSSR count). The van der Waals surface area contributed by atoms with E-state index in [9.17, 15) is 9.59 Å². The van der Waals surface area contributed by atoms with E-state index in [-0.39, 0.29) is 70.2 Å². The van der Waals surface area contributed by atoms with Crippen LogP contribution >= 0.6 is 0 Å². The molecule has 0 unspecified atom stereocenters. The molecule has 6 heteroatoms. The molecule has 4 nitrogen and oxygen atoms in total. The third kappa shape index (κ3) is 4.13. The van der Waals surface area contributed by atoms with Crippen LogP contribution in [0, 0.1) is 0 Å². The summed E-state index contributed by atoms with van der Waals surface area (Å²) in [5, 5.41) is 17.1. The van der Waals surface area contributed by atoms with Crippen molar-refractivity contribution in [2.45, 2.75) is 0 Å². The number of carboxylic acids is 2. The first-order chi connectivity index (χ1) is 5.63. The Morgan fingerprint density at radius 1 is 0.857 bits per heavy atom. The SMILES string of the molecule is O=C(O)c1ccccc1C(=O)O.[NaH].[NaH]. The van der Waals surface area contributed by atoms with E-state index in [0.717, 1.165) is 0 Å². The van der Waals surface area contributed by atoms with Crippen LogP contribution in [-0.2, 0) is 0 Å². The molecule has 1 aromatic rings. The van der Waals surface area contributed by atoms with Crippen LogP contribution in [0.15, 0.2) is 24.3 Å². The molecular formula is C8H8Na2O4. The Balaban J connectivity index is 0. The Kier molecular flexibility index (Phi) is 8.83. The van der Waals surface area contributed by atoms with Gasteiger partial charge in [0.1, 0.15) is 0 Å². The molecule has 0 spiro atoms. The molecule has 0 aliphatic heterocycles. The number of hydrogen-bond donors (Lipinski definition) is 2. The van der Waals surface area contributed by atoms with Gasteiger partial charge in [-0.3, -0.25) is 0 Å². The van der Waals surface area contributed by atoms with Gasteiger partial charge in [-0.1, -0.05) is 12.1 Å². The molecule has 0 bridgehead atoms. The molecule has 0 saturated carbocycles. The zero-order valence-electron chi connectivity index (χ0n) is 6.02. The van der Waals surface area contributed by atoms with Gasteiger partial charge in [0.05, 0.1) is 11.1 Å². The fourth-order valence-corrected chi connectivity index (χ4v) is 0.856.